The average Bonchev–Trinajstić information content (AvgIpc) is 3.03. The quantitative estimate of drug-likeness (QED) is 0.512. The molecule has 0 radical (unpaired) electrons. The second-order valence-corrected chi connectivity index (χ2v) is 7.32. The van der Waals surface area contributed by atoms with E-state index in [1.165, 1.54) is 0 Å². The number of nitrogens with one attached hydrogen (secondary N) is 2. The molecule has 0 saturated carbocycles. The summed E-state index contributed by atoms with van der Waals surface area (Å²) in [6.07, 6.45) is 0. The Kier molecular flexibility index (Phi) is 5.85. The van der Waals surface area contributed by atoms with Gasteiger partial charge in [-0.25, -0.2) is 0 Å². The number of carbonyl (C=O) groups excluding carboxylic acids is 1. The summed E-state index contributed by atoms with van der Waals surface area (Å²) in [5.74, 6) is 0.142. The number of benzene rings is 2. The van der Waals surface area contributed by atoms with E-state index in [-0.39, 0.29) is 10.9 Å². The average molecular weight is 419 g/mol. The van der Waals surface area contributed by atoms with E-state index in [0.29, 0.717) is 21.4 Å². The minimum absolute atomic E-state index is 0.126. The lowest BCUT2D eigenvalue weighted by molar-refractivity contribution is 0.0951. The van der Waals surface area contributed by atoms with E-state index < -0.39 is 5.91 Å². The van der Waals surface area contributed by atoms with Crippen LogP contribution >= 0.6 is 35.4 Å². The fraction of sp³-hybridized carbons (Fsp3) is 0.100. The van der Waals surface area contributed by atoms with Crippen molar-refractivity contribution in [3.05, 3.63) is 75.5 Å². The molecule has 2 N–H and O–H groups in total. The molecule has 0 bridgehead atoms. The van der Waals surface area contributed by atoms with Gasteiger partial charge in [-0.2, -0.15) is 0 Å². The third-order valence-corrected chi connectivity index (χ3v) is 4.48. The normalized spacial score (nSPS) is 10.5. The van der Waals surface area contributed by atoms with Gasteiger partial charge in [-0.15, -0.1) is 0 Å². The molecule has 0 aliphatic heterocycles. The monoisotopic (exact) mass is 418 g/mol. The van der Waals surface area contributed by atoms with Crippen molar-refractivity contribution in [2.75, 3.05) is 5.32 Å². The second-order valence-electron chi connectivity index (χ2n) is 6.07. The van der Waals surface area contributed by atoms with Gasteiger partial charge in [0.1, 0.15) is 5.76 Å². The summed E-state index contributed by atoms with van der Waals surface area (Å²) in [6.45, 7) is 3.98. The molecule has 0 aliphatic rings. The van der Waals surface area contributed by atoms with E-state index in [4.69, 9.17) is 39.8 Å². The Morgan fingerprint density at radius 3 is 2.37 bits per heavy atom. The third-order valence-electron chi connectivity index (χ3n) is 3.73. The van der Waals surface area contributed by atoms with Gasteiger partial charge in [0.2, 0.25) is 0 Å². The van der Waals surface area contributed by atoms with Crippen LogP contribution in [0.1, 0.15) is 21.7 Å². The molecule has 7 heteroatoms. The summed E-state index contributed by atoms with van der Waals surface area (Å²) >= 11 is 17.3. The first-order valence-corrected chi connectivity index (χ1v) is 9.24. The Morgan fingerprint density at radius 1 is 1.00 bits per heavy atom. The van der Waals surface area contributed by atoms with Crippen LogP contribution in [0.4, 0.5) is 5.69 Å². The van der Waals surface area contributed by atoms with Crippen LogP contribution in [0.25, 0.3) is 11.3 Å². The van der Waals surface area contributed by atoms with Crippen molar-refractivity contribution in [1.82, 2.24) is 5.32 Å². The van der Waals surface area contributed by atoms with Gasteiger partial charge >= 0.3 is 0 Å². The molecule has 3 aromatic rings. The molecule has 2 aromatic carbocycles. The summed E-state index contributed by atoms with van der Waals surface area (Å²) in [5.41, 5.74) is 3.66. The lowest BCUT2D eigenvalue weighted by Crippen LogP contribution is -2.33. The van der Waals surface area contributed by atoms with Crippen molar-refractivity contribution >= 4 is 52.1 Å². The Bertz CT molecular complexity index is 1010. The molecule has 1 aromatic heterocycles. The molecule has 0 atom stereocenters. The number of anilines is 1. The zero-order valence-corrected chi connectivity index (χ0v) is 16.9. The molecule has 1 heterocycles. The van der Waals surface area contributed by atoms with E-state index in [0.717, 1.165) is 16.8 Å². The van der Waals surface area contributed by atoms with Crippen LogP contribution < -0.4 is 10.6 Å². The van der Waals surface area contributed by atoms with Crippen LogP contribution in [0, 0.1) is 13.8 Å². The zero-order chi connectivity index (χ0) is 19.6. The predicted octanol–water partition coefficient (Wildman–Crippen LogP) is 6.00. The van der Waals surface area contributed by atoms with Crippen LogP contribution in [0.5, 0.6) is 0 Å². The molecular formula is C20H16Cl2N2O2S. The maximum absolute atomic E-state index is 12.4. The Hall–Kier alpha value is -2.34. The first kappa shape index (κ1) is 19.4. The highest BCUT2D eigenvalue weighted by molar-refractivity contribution is 7.80. The number of carbonyl (C=O) groups is 1. The number of aryl methyl sites for hydroxylation is 2. The molecule has 0 spiro atoms. The molecule has 4 nitrogen and oxygen atoms in total. The molecule has 138 valence electrons. The van der Waals surface area contributed by atoms with Gasteiger partial charge in [-0.3, -0.25) is 10.1 Å². The lowest BCUT2D eigenvalue weighted by atomic mass is 10.1. The van der Waals surface area contributed by atoms with Crippen molar-refractivity contribution in [2.24, 2.45) is 0 Å². The third kappa shape index (κ3) is 4.89. The topological polar surface area (TPSA) is 54.3 Å². The van der Waals surface area contributed by atoms with Gasteiger partial charge in [0, 0.05) is 16.3 Å². The summed E-state index contributed by atoms with van der Waals surface area (Å²) in [7, 11) is 0. The number of thiocarbonyl (C=S) groups is 1. The van der Waals surface area contributed by atoms with Gasteiger partial charge in [-0.1, -0.05) is 29.3 Å². The molecule has 0 unspecified atom stereocenters. The number of hydrogen-bond acceptors (Lipinski definition) is 3. The number of rotatable bonds is 3. The zero-order valence-electron chi connectivity index (χ0n) is 14.6. The fourth-order valence-electron chi connectivity index (χ4n) is 2.67. The van der Waals surface area contributed by atoms with E-state index in [1.54, 1.807) is 30.3 Å². The van der Waals surface area contributed by atoms with Crippen molar-refractivity contribution < 1.29 is 9.21 Å². The maximum Gasteiger partial charge on any atom is 0.293 e. The highest BCUT2D eigenvalue weighted by atomic mass is 35.5. The molecule has 27 heavy (non-hydrogen) atoms. The molecule has 0 fully saturated rings. The highest BCUT2D eigenvalue weighted by Gasteiger charge is 2.15. The molecular weight excluding hydrogens is 403 g/mol. The minimum Gasteiger partial charge on any atom is -0.451 e. The van der Waals surface area contributed by atoms with Crippen LogP contribution in [0.15, 0.2) is 52.9 Å². The van der Waals surface area contributed by atoms with E-state index in [9.17, 15) is 4.79 Å². The number of furan rings is 1. The molecule has 0 aliphatic carbocycles. The fourth-order valence-corrected chi connectivity index (χ4v) is 3.38. The number of amides is 1. The van der Waals surface area contributed by atoms with Gasteiger partial charge in [0.25, 0.3) is 5.91 Å². The maximum atomic E-state index is 12.4. The van der Waals surface area contributed by atoms with Crippen LogP contribution in [-0.4, -0.2) is 11.0 Å². The van der Waals surface area contributed by atoms with Crippen molar-refractivity contribution in [1.29, 1.82) is 0 Å². The highest BCUT2D eigenvalue weighted by Crippen LogP contribution is 2.31. The second kappa shape index (κ2) is 8.13. The van der Waals surface area contributed by atoms with Crippen LogP contribution in [0.3, 0.4) is 0 Å². The summed E-state index contributed by atoms with van der Waals surface area (Å²) in [5, 5.41) is 6.76. The summed E-state index contributed by atoms with van der Waals surface area (Å²) < 4.78 is 5.61. The lowest BCUT2D eigenvalue weighted by Gasteiger charge is -2.10. The first-order valence-electron chi connectivity index (χ1n) is 8.08. The molecule has 0 saturated heterocycles. The first-order chi connectivity index (χ1) is 12.8. The smallest absolute Gasteiger partial charge is 0.293 e. The Morgan fingerprint density at radius 2 is 1.70 bits per heavy atom. The van der Waals surface area contributed by atoms with Gasteiger partial charge in [0.15, 0.2) is 10.9 Å². The molecule has 1 amide bonds. The predicted molar refractivity (Wildman–Crippen MR) is 114 cm³/mol. The molecule has 3 rings (SSSR count). The van der Waals surface area contributed by atoms with Gasteiger partial charge < -0.3 is 9.73 Å². The van der Waals surface area contributed by atoms with E-state index >= 15 is 0 Å². The van der Waals surface area contributed by atoms with Crippen molar-refractivity contribution in [3.8, 4) is 11.3 Å². The van der Waals surface area contributed by atoms with Crippen LogP contribution in [-0.2, 0) is 0 Å². The van der Waals surface area contributed by atoms with Crippen molar-refractivity contribution in [3.63, 3.8) is 0 Å². The van der Waals surface area contributed by atoms with Crippen molar-refractivity contribution in [2.45, 2.75) is 13.8 Å². The largest absolute Gasteiger partial charge is 0.451 e. The van der Waals surface area contributed by atoms with Gasteiger partial charge in [0.05, 0.1) is 5.02 Å². The van der Waals surface area contributed by atoms with Crippen LogP contribution in [0.2, 0.25) is 10.0 Å². The van der Waals surface area contributed by atoms with E-state index in [2.05, 4.69) is 16.7 Å². The summed E-state index contributed by atoms with van der Waals surface area (Å²) in [4.78, 5) is 12.4. The summed E-state index contributed by atoms with van der Waals surface area (Å²) in [6, 6.07) is 14.2. The standard InChI is InChI=1S/C20H16Cl2N2O2S/c1-11-7-12(2)9-14(8-11)23-20(27)24-19(25)18-6-5-17(26-18)15-4-3-13(21)10-16(15)22/h3-10H,1-2H3,(H2,23,24,25,27). The Balaban J connectivity index is 1.69. The Labute approximate surface area is 172 Å². The number of halogens is 2. The van der Waals surface area contributed by atoms with E-state index in [1.807, 2.05) is 26.0 Å². The SMILES string of the molecule is Cc1cc(C)cc(NC(=S)NC(=O)c2ccc(-c3ccc(Cl)cc3Cl)o2)c1. The van der Waals surface area contributed by atoms with Gasteiger partial charge in [-0.05, 0) is 79.7 Å². The minimum atomic E-state index is -0.451. The number of hydrogen-bond donors (Lipinski definition) is 2.